The van der Waals surface area contributed by atoms with Gasteiger partial charge in [-0.3, -0.25) is 24.4 Å². The summed E-state index contributed by atoms with van der Waals surface area (Å²) in [6.07, 6.45) is 10.6. The number of pyridine rings is 1. The summed E-state index contributed by atoms with van der Waals surface area (Å²) >= 11 is 0. The van der Waals surface area contributed by atoms with Gasteiger partial charge < -0.3 is 19.7 Å². The number of nitrogens with one attached hydrogen (secondary N) is 1. The van der Waals surface area contributed by atoms with Crippen LogP contribution in [0.2, 0.25) is 0 Å². The minimum Gasteiger partial charge on any atom is -0.496 e. The first-order chi connectivity index (χ1) is 25.3. The number of allylic oxidation sites excluding steroid dienone is 2. The highest BCUT2D eigenvalue weighted by Crippen LogP contribution is 2.37. The first-order valence-electron chi connectivity index (χ1n) is 18.2. The van der Waals surface area contributed by atoms with Crippen molar-refractivity contribution in [1.82, 2.24) is 25.0 Å². The SMILES string of the molecule is CC(C)(C)/C=C(\C#N)C=O.COc1cc(/C(=C/N(C)C)c2ccncc2C=O)cc(OC)c1CN1CCC(NCc2cccc3c2CCN(C)C3C)C1. The summed E-state index contributed by atoms with van der Waals surface area (Å²) in [7, 11) is 9.55. The van der Waals surface area contributed by atoms with E-state index in [1.807, 2.05) is 64.2 Å². The number of carbonyl (C=O) groups is 2. The molecule has 2 aliphatic rings. The van der Waals surface area contributed by atoms with Crippen molar-refractivity contribution in [3.63, 3.8) is 0 Å². The molecule has 2 atom stereocenters. The maximum Gasteiger partial charge on any atom is 0.160 e. The standard InChI is InChI=1S/C35H45N5O3.C8H11NO/c1-24-29-9-7-8-25(31(29)12-14-39(24)4)19-37-28-11-15-40(20-28)22-33-34(42-5)16-26(17-35(33)43-6)32(21-38(2)3)30-10-13-36-18-27(30)23-41;1-8(2,3)4-7(5-9)6-10/h7-10,13,16-18,21,23-24,28,37H,11-12,14-15,19-20,22H2,1-6H3;4,6H,1-3H3/b32-21-;7-4+. The molecule has 282 valence electrons. The Kier molecular flexibility index (Phi) is 14.5. The number of fused-ring (bicyclic) bond motifs is 1. The Morgan fingerprint density at radius 2 is 1.83 bits per heavy atom. The number of hydrogen-bond acceptors (Lipinski definition) is 10. The highest BCUT2D eigenvalue weighted by Gasteiger charge is 2.27. The van der Waals surface area contributed by atoms with Gasteiger partial charge in [0, 0.05) is 88.6 Å². The minimum atomic E-state index is -0.0913. The maximum atomic E-state index is 11.8. The van der Waals surface area contributed by atoms with Crippen molar-refractivity contribution in [3.8, 4) is 17.6 Å². The van der Waals surface area contributed by atoms with Gasteiger partial charge in [0.05, 0.1) is 25.4 Å². The average molecular weight is 721 g/mol. The molecule has 0 saturated carbocycles. The third-order valence-corrected chi connectivity index (χ3v) is 9.79. The summed E-state index contributed by atoms with van der Waals surface area (Å²) in [5, 5.41) is 12.2. The van der Waals surface area contributed by atoms with Crippen molar-refractivity contribution >= 4 is 18.1 Å². The summed E-state index contributed by atoms with van der Waals surface area (Å²) < 4.78 is 11.9. The number of likely N-dealkylation sites (N-methyl/N-ethyl adjacent to an activating group) is 1. The first-order valence-corrected chi connectivity index (χ1v) is 18.2. The molecule has 2 unspecified atom stereocenters. The van der Waals surface area contributed by atoms with Crippen LogP contribution in [0.15, 0.2) is 66.6 Å². The summed E-state index contributed by atoms with van der Waals surface area (Å²) in [5.41, 5.74) is 8.72. The molecule has 0 aliphatic carbocycles. The zero-order chi connectivity index (χ0) is 38.7. The lowest BCUT2D eigenvalue weighted by molar-refractivity contribution is -0.104. The predicted octanol–water partition coefficient (Wildman–Crippen LogP) is 6.46. The van der Waals surface area contributed by atoms with Crippen LogP contribution in [0.5, 0.6) is 11.5 Å². The highest BCUT2D eigenvalue weighted by molar-refractivity contribution is 5.91. The molecule has 53 heavy (non-hydrogen) atoms. The monoisotopic (exact) mass is 720 g/mol. The van der Waals surface area contributed by atoms with Gasteiger partial charge in [-0.2, -0.15) is 5.26 Å². The molecule has 3 heterocycles. The molecule has 1 aromatic heterocycles. The Balaban J connectivity index is 0.000000550. The van der Waals surface area contributed by atoms with E-state index in [9.17, 15) is 9.59 Å². The second kappa shape index (κ2) is 18.8. The van der Waals surface area contributed by atoms with Crippen molar-refractivity contribution in [2.75, 3.05) is 55.0 Å². The van der Waals surface area contributed by atoms with E-state index in [-0.39, 0.29) is 11.0 Å². The van der Waals surface area contributed by atoms with Gasteiger partial charge in [-0.05, 0) is 78.2 Å². The summed E-state index contributed by atoms with van der Waals surface area (Å²) in [4.78, 5) is 33.0. The van der Waals surface area contributed by atoms with E-state index in [2.05, 4.69) is 52.3 Å². The van der Waals surface area contributed by atoms with Crippen LogP contribution in [-0.4, -0.2) is 93.3 Å². The number of nitriles is 1. The normalized spacial score (nSPS) is 18.0. The fourth-order valence-corrected chi connectivity index (χ4v) is 7.01. The van der Waals surface area contributed by atoms with Gasteiger partial charge in [-0.1, -0.05) is 45.0 Å². The van der Waals surface area contributed by atoms with Crippen LogP contribution in [0, 0.1) is 16.7 Å². The molecular weight excluding hydrogens is 665 g/mol. The maximum absolute atomic E-state index is 11.8. The van der Waals surface area contributed by atoms with Crippen LogP contribution < -0.4 is 14.8 Å². The molecule has 0 bridgehead atoms. The lowest BCUT2D eigenvalue weighted by Gasteiger charge is -2.33. The van der Waals surface area contributed by atoms with E-state index >= 15 is 0 Å². The van der Waals surface area contributed by atoms with Crippen molar-refractivity contribution < 1.29 is 19.1 Å². The molecule has 10 nitrogen and oxygen atoms in total. The Labute approximate surface area is 316 Å². The van der Waals surface area contributed by atoms with Gasteiger partial charge in [0.1, 0.15) is 17.6 Å². The third-order valence-electron chi connectivity index (χ3n) is 9.79. The van der Waals surface area contributed by atoms with Gasteiger partial charge in [0.15, 0.2) is 12.6 Å². The number of carbonyl (C=O) groups excluding carboxylic acids is 2. The summed E-state index contributed by atoms with van der Waals surface area (Å²) in [5.74, 6) is 1.54. The topological polar surface area (TPSA) is 111 Å². The number of benzene rings is 2. The molecule has 5 rings (SSSR count). The summed E-state index contributed by atoms with van der Waals surface area (Å²) in [6.45, 7) is 12.8. The Morgan fingerprint density at radius 3 is 2.42 bits per heavy atom. The predicted molar refractivity (Wildman–Crippen MR) is 211 cm³/mol. The number of ether oxygens (including phenoxy) is 2. The second-order valence-corrected chi connectivity index (χ2v) is 15.1. The number of aromatic nitrogens is 1. The fraction of sp³-hybridized carbons (Fsp3) is 0.442. The molecule has 2 aliphatic heterocycles. The number of methoxy groups -OCH3 is 2. The van der Waals surface area contributed by atoms with E-state index in [1.54, 1.807) is 38.8 Å². The van der Waals surface area contributed by atoms with Crippen LogP contribution in [0.3, 0.4) is 0 Å². The van der Waals surface area contributed by atoms with Gasteiger partial charge in [-0.25, -0.2) is 0 Å². The molecule has 1 saturated heterocycles. The Bertz CT molecular complexity index is 1810. The number of hydrogen-bond donors (Lipinski definition) is 1. The Morgan fingerprint density at radius 1 is 1.11 bits per heavy atom. The molecule has 10 heteroatoms. The minimum absolute atomic E-state index is 0.0913. The number of rotatable bonds is 12. The Hall–Kier alpha value is -4.82. The molecule has 1 N–H and O–H groups in total. The first kappa shape index (κ1) is 40.9. The van der Waals surface area contributed by atoms with Crippen molar-refractivity contribution in [3.05, 3.63) is 106 Å². The van der Waals surface area contributed by atoms with E-state index in [0.29, 0.717) is 23.9 Å². The molecule has 3 aromatic rings. The third kappa shape index (κ3) is 10.9. The van der Waals surface area contributed by atoms with E-state index < -0.39 is 0 Å². The average Bonchev–Trinajstić information content (AvgIpc) is 3.60. The molecular formula is C43H56N6O4. The van der Waals surface area contributed by atoms with Gasteiger partial charge >= 0.3 is 0 Å². The quantitative estimate of drug-likeness (QED) is 0.127. The van der Waals surface area contributed by atoms with Crippen LogP contribution in [-0.2, 0) is 24.3 Å². The molecule has 0 radical (unpaired) electrons. The fourth-order valence-electron chi connectivity index (χ4n) is 7.01. The molecule has 2 aromatic carbocycles. The van der Waals surface area contributed by atoms with E-state index in [0.717, 1.165) is 85.6 Å². The molecule has 0 amide bonds. The smallest absolute Gasteiger partial charge is 0.160 e. The van der Waals surface area contributed by atoms with Crippen molar-refractivity contribution in [1.29, 1.82) is 5.26 Å². The van der Waals surface area contributed by atoms with Gasteiger partial charge in [0.2, 0.25) is 0 Å². The van der Waals surface area contributed by atoms with Crippen molar-refractivity contribution in [2.45, 2.75) is 65.7 Å². The van der Waals surface area contributed by atoms with Crippen LogP contribution >= 0.6 is 0 Å². The number of nitrogens with zero attached hydrogens (tertiary/aromatic N) is 5. The zero-order valence-electron chi connectivity index (χ0n) is 32.9. The van der Waals surface area contributed by atoms with Gasteiger partial charge in [-0.15, -0.1) is 0 Å². The zero-order valence-corrected chi connectivity index (χ0v) is 32.9. The molecule has 0 spiro atoms. The van der Waals surface area contributed by atoms with E-state index in [1.165, 1.54) is 16.7 Å². The van der Waals surface area contributed by atoms with Crippen LogP contribution in [0.25, 0.3) is 5.57 Å². The lowest BCUT2D eigenvalue weighted by atomic mass is 9.90. The lowest BCUT2D eigenvalue weighted by Crippen LogP contribution is -2.34. The highest BCUT2D eigenvalue weighted by atomic mass is 16.5. The van der Waals surface area contributed by atoms with Crippen molar-refractivity contribution in [2.24, 2.45) is 5.41 Å². The van der Waals surface area contributed by atoms with Crippen LogP contribution in [0.1, 0.15) is 83.9 Å². The summed E-state index contributed by atoms with van der Waals surface area (Å²) in [6, 6.07) is 15.4. The second-order valence-electron chi connectivity index (χ2n) is 15.1. The van der Waals surface area contributed by atoms with Crippen LogP contribution in [0.4, 0.5) is 0 Å². The van der Waals surface area contributed by atoms with E-state index in [4.69, 9.17) is 14.7 Å². The van der Waals surface area contributed by atoms with Gasteiger partial charge in [0.25, 0.3) is 0 Å². The largest absolute Gasteiger partial charge is 0.496 e. The number of aldehydes is 2. The molecule has 1 fully saturated rings. The number of likely N-dealkylation sites (tertiary alicyclic amines) is 1.